The summed E-state index contributed by atoms with van der Waals surface area (Å²) in [6.07, 6.45) is -0.278. The summed E-state index contributed by atoms with van der Waals surface area (Å²) < 4.78 is 58.1. The number of carbonyl (C=O) groups is 1. The van der Waals surface area contributed by atoms with Crippen LogP contribution in [0.2, 0.25) is 0 Å². The van der Waals surface area contributed by atoms with Crippen molar-refractivity contribution >= 4 is 21.5 Å². The van der Waals surface area contributed by atoms with Gasteiger partial charge in [-0.2, -0.15) is 0 Å². The van der Waals surface area contributed by atoms with Crippen molar-refractivity contribution in [1.29, 1.82) is 0 Å². The number of methoxy groups -OCH3 is 1. The van der Waals surface area contributed by atoms with Gasteiger partial charge in [0.25, 0.3) is 5.91 Å². The molecule has 9 nitrogen and oxygen atoms in total. The van der Waals surface area contributed by atoms with E-state index in [-0.39, 0.29) is 34.9 Å². The van der Waals surface area contributed by atoms with Crippen LogP contribution in [0.1, 0.15) is 47.8 Å². The predicted molar refractivity (Wildman–Crippen MR) is 165 cm³/mol. The fourth-order valence-electron chi connectivity index (χ4n) is 4.30. The first-order chi connectivity index (χ1) is 20.7. The summed E-state index contributed by atoms with van der Waals surface area (Å²) in [7, 11) is -2.16. The average molecular weight is 632 g/mol. The molecule has 0 aliphatic carbocycles. The van der Waals surface area contributed by atoms with Gasteiger partial charge >= 0.3 is 0 Å². The Kier molecular flexibility index (Phi) is 12.4. The van der Waals surface area contributed by atoms with Crippen LogP contribution in [0, 0.1) is 17.6 Å². The molecule has 238 valence electrons. The van der Waals surface area contributed by atoms with Crippen molar-refractivity contribution in [3.8, 4) is 5.75 Å². The van der Waals surface area contributed by atoms with E-state index < -0.39 is 39.5 Å². The number of hydrogen-bond donors (Lipinski definition) is 3. The Balaban J connectivity index is 1.88. The monoisotopic (exact) mass is 631 g/mol. The largest absolute Gasteiger partial charge is 0.497 e. The highest BCUT2D eigenvalue weighted by molar-refractivity contribution is 7.90. The molecule has 0 bridgehead atoms. The first-order valence-electron chi connectivity index (χ1n) is 14.0. The van der Waals surface area contributed by atoms with Crippen molar-refractivity contribution in [3.63, 3.8) is 0 Å². The molecule has 2 atom stereocenters. The minimum Gasteiger partial charge on any atom is -0.497 e. The van der Waals surface area contributed by atoms with E-state index in [0.29, 0.717) is 30.2 Å². The number of sulfone groups is 1. The number of aliphatic hydroxyl groups is 1. The second-order valence-electron chi connectivity index (χ2n) is 11.0. The van der Waals surface area contributed by atoms with Crippen molar-refractivity contribution in [2.75, 3.05) is 26.5 Å². The summed E-state index contributed by atoms with van der Waals surface area (Å²) in [6.45, 7) is 6.28. The predicted octanol–water partition coefficient (Wildman–Crippen LogP) is 4.27. The molecule has 3 aromatic rings. The first kappa shape index (κ1) is 34.6. The van der Waals surface area contributed by atoms with Crippen LogP contribution < -0.4 is 15.4 Å². The molecular formula is C32H39F2N3O6S. The number of halogens is 2. The highest BCUT2D eigenvalue weighted by Crippen LogP contribution is 2.19. The Morgan fingerprint density at radius 1 is 1.00 bits per heavy atom. The van der Waals surface area contributed by atoms with Crippen molar-refractivity contribution in [2.45, 2.75) is 50.8 Å². The number of oxime groups is 1. The number of ether oxygens (including phenoxy) is 1. The van der Waals surface area contributed by atoms with Crippen molar-refractivity contribution in [3.05, 3.63) is 94.6 Å². The van der Waals surface area contributed by atoms with E-state index in [1.54, 1.807) is 20.1 Å². The normalized spacial score (nSPS) is 13.4. The number of nitrogens with one attached hydrogen (secondary N) is 2. The number of nitrogens with zero attached hydrogens (tertiary/aromatic N) is 1. The van der Waals surface area contributed by atoms with E-state index in [1.165, 1.54) is 18.2 Å². The lowest BCUT2D eigenvalue weighted by Gasteiger charge is -2.25. The van der Waals surface area contributed by atoms with E-state index in [9.17, 15) is 27.1 Å². The molecule has 3 rings (SSSR count). The molecule has 0 heterocycles. The third kappa shape index (κ3) is 10.7. The van der Waals surface area contributed by atoms with Crippen LogP contribution in [0.15, 0.2) is 70.7 Å². The van der Waals surface area contributed by atoms with Gasteiger partial charge in [0.2, 0.25) is 0 Å². The average Bonchev–Trinajstić information content (AvgIpc) is 2.95. The van der Waals surface area contributed by atoms with E-state index in [2.05, 4.69) is 15.8 Å². The van der Waals surface area contributed by atoms with Gasteiger partial charge in [0, 0.05) is 36.5 Å². The molecule has 44 heavy (non-hydrogen) atoms. The maximum atomic E-state index is 14.0. The molecule has 0 aliphatic rings. The van der Waals surface area contributed by atoms with Crippen LogP contribution in [-0.4, -0.2) is 63.8 Å². The Bertz CT molecular complexity index is 1560. The van der Waals surface area contributed by atoms with Crippen LogP contribution in [-0.2, 0) is 27.6 Å². The smallest absolute Gasteiger partial charge is 0.251 e. The second-order valence-corrected chi connectivity index (χ2v) is 13.0. The molecule has 3 aromatic carbocycles. The summed E-state index contributed by atoms with van der Waals surface area (Å²) in [6, 6.07) is 13.4. The molecule has 0 unspecified atom stereocenters. The summed E-state index contributed by atoms with van der Waals surface area (Å²) in [5, 5.41) is 21.0. The molecule has 1 amide bonds. The lowest BCUT2D eigenvalue weighted by atomic mass is 9.99. The van der Waals surface area contributed by atoms with Gasteiger partial charge in [0.05, 0.1) is 29.9 Å². The summed E-state index contributed by atoms with van der Waals surface area (Å²) in [5.74, 6) is -1.39. The molecule has 0 radical (unpaired) electrons. The number of benzene rings is 3. The van der Waals surface area contributed by atoms with E-state index in [4.69, 9.17) is 9.57 Å². The summed E-state index contributed by atoms with van der Waals surface area (Å²) in [4.78, 5) is 18.8. The van der Waals surface area contributed by atoms with Gasteiger partial charge < -0.3 is 25.3 Å². The van der Waals surface area contributed by atoms with E-state index in [0.717, 1.165) is 30.0 Å². The maximum absolute atomic E-state index is 14.0. The zero-order valence-electron chi connectivity index (χ0n) is 25.4. The summed E-state index contributed by atoms with van der Waals surface area (Å²) in [5.41, 5.74) is 1.82. The van der Waals surface area contributed by atoms with Crippen molar-refractivity contribution in [2.24, 2.45) is 11.1 Å². The zero-order chi connectivity index (χ0) is 32.4. The highest BCUT2D eigenvalue weighted by atomic mass is 32.2. The molecule has 0 spiro atoms. The maximum Gasteiger partial charge on any atom is 0.251 e. The Hall–Kier alpha value is -3.87. The Morgan fingerprint density at radius 3 is 2.32 bits per heavy atom. The fraction of sp³-hybridized carbons (Fsp3) is 0.375. The van der Waals surface area contributed by atoms with Gasteiger partial charge in [-0.25, -0.2) is 17.2 Å². The lowest BCUT2D eigenvalue weighted by Crippen LogP contribution is -2.48. The first-order valence-corrected chi connectivity index (χ1v) is 15.9. The third-order valence-corrected chi connectivity index (χ3v) is 7.69. The SMILES string of the molecule is COc1cccc(CNC[C@@H](O)[C@H](Cc2cc(F)cc(F)c2)NC(=O)c2cc(/C(C)=N/OCC(C)C)cc(S(C)(=O)=O)c2)c1. The fourth-order valence-corrected chi connectivity index (χ4v) is 4.98. The number of carbonyl (C=O) groups excluding carboxylic acids is 1. The third-order valence-electron chi connectivity index (χ3n) is 6.60. The van der Waals surface area contributed by atoms with Crippen LogP contribution in [0.4, 0.5) is 8.78 Å². The Labute approximate surface area is 257 Å². The number of amides is 1. The molecule has 12 heteroatoms. The Morgan fingerprint density at radius 2 is 1.68 bits per heavy atom. The quantitative estimate of drug-likeness (QED) is 0.169. The van der Waals surface area contributed by atoms with E-state index in [1.807, 2.05) is 32.0 Å². The van der Waals surface area contributed by atoms with Gasteiger partial charge in [-0.15, -0.1) is 0 Å². The molecule has 0 saturated heterocycles. The van der Waals surface area contributed by atoms with E-state index >= 15 is 0 Å². The van der Waals surface area contributed by atoms with Gasteiger partial charge in [-0.1, -0.05) is 31.1 Å². The number of hydrogen-bond acceptors (Lipinski definition) is 8. The van der Waals surface area contributed by atoms with Gasteiger partial charge in [0.1, 0.15) is 24.0 Å². The molecular weight excluding hydrogens is 592 g/mol. The lowest BCUT2D eigenvalue weighted by molar-refractivity contribution is 0.0829. The van der Waals surface area contributed by atoms with Crippen LogP contribution in [0.25, 0.3) is 0 Å². The second kappa shape index (κ2) is 15.7. The summed E-state index contributed by atoms with van der Waals surface area (Å²) >= 11 is 0. The number of rotatable bonds is 15. The van der Waals surface area contributed by atoms with Gasteiger partial charge in [0.15, 0.2) is 9.84 Å². The molecule has 0 aliphatic heterocycles. The van der Waals surface area contributed by atoms with Crippen LogP contribution in [0.5, 0.6) is 5.75 Å². The minimum absolute atomic E-state index is 0.00621. The number of aliphatic hydroxyl groups excluding tert-OH is 1. The molecule has 0 fully saturated rings. The molecule has 3 N–H and O–H groups in total. The van der Waals surface area contributed by atoms with Crippen molar-refractivity contribution < 1.29 is 36.7 Å². The van der Waals surface area contributed by atoms with Gasteiger partial charge in [-0.05, 0) is 72.9 Å². The van der Waals surface area contributed by atoms with Crippen LogP contribution in [0.3, 0.4) is 0 Å². The van der Waals surface area contributed by atoms with Crippen LogP contribution >= 0.6 is 0 Å². The molecule has 0 saturated carbocycles. The van der Waals surface area contributed by atoms with Crippen molar-refractivity contribution in [1.82, 2.24) is 10.6 Å². The minimum atomic E-state index is -3.72. The standard InChI is InChI=1S/C32H39F2N3O6S/c1-20(2)19-43-37-21(3)24-13-25(15-29(14-24)44(5,40)41)32(39)36-30(12-23-9-26(33)16-27(34)10-23)31(38)18-35-17-22-7-6-8-28(11-22)42-4/h6-11,13-16,20,30-31,35,38H,12,17-19H2,1-5H3,(H,36,39)/b37-21+/t30-,31+/m0/s1. The molecule has 0 aromatic heterocycles. The van der Waals surface area contributed by atoms with Gasteiger partial charge in [-0.3, -0.25) is 4.79 Å². The topological polar surface area (TPSA) is 126 Å². The zero-order valence-corrected chi connectivity index (χ0v) is 26.3. The highest BCUT2D eigenvalue weighted by Gasteiger charge is 2.24.